The topological polar surface area (TPSA) is 71.5 Å². The van der Waals surface area contributed by atoms with Gasteiger partial charge in [-0.2, -0.15) is 0 Å². The van der Waals surface area contributed by atoms with Gasteiger partial charge in [-0.3, -0.25) is 4.79 Å². The smallest absolute Gasteiger partial charge is 0.253 e. The van der Waals surface area contributed by atoms with Crippen molar-refractivity contribution in [1.29, 1.82) is 0 Å². The van der Waals surface area contributed by atoms with E-state index in [9.17, 15) is 4.79 Å². The van der Waals surface area contributed by atoms with Crippen LogP contribution < -0.4 is 10.1 Å². The van der Waals surface area contributed by atoms with E-state index < -0.39 is 5.54 Å². The van der Waals surface area contributed by atoms with Crippen molar-refractivity contribution < 1.29 is 14.6 Å². The summed E-state index contributed by atoms with van der Waals surface area (Å²) in [5.41, 5.74) is 0.0830. The summed E-state index contributed by atoms with van der Waals surface area (Å²) in [5, 5.41) is 11.9. The SMILES string of the molecule is CCC(C)(CCO)NC(=O)c1ccc(OC)nc1. The Hall–Kier alpha value is -1.62. The fourth-order valence-corrected chi connectivity index (χ4v) is 1.56. The molecule has 1 unspecified atom stereocenters. The van der Waals surface area contributed by atoms with Crippen molar-refractivity contribution in [2.45, 2.75) is 32.2 Å². The minimum atomic E-state index is -0.397. The van der Waals surface area contributed by atoms with Gasteiger partial charge in [0.2, 0.25) is 5.88 Å². The number of aliphatic hydroxyl groups excluding tert-OH is 1. The first-order valence-electron chi connectivity index (χ1n) is 5.98. The van der Waals surface area contributed by atoms with E-state index in [1.807, 2.05) is 13.8 Å². The third kappa shape index (κ3) is 3.70. The minimum Gasteiger partial charge on any atom is -0.481 e. The highest BCUT2D eigenvalue weighted by Crippen LogP contribution is 2.15. The zero-order chi connectivity index (χ0) is 13.6. The summed E-state index contributed by atoms with van der Waals surface area (Å²) in [6.07, 6.45) is 2.75. The molecule has 18 heavy (non-hydrogen) atoms. The van der Waals surface area contributed by atoms with Gasteiger partial charge < -0.3 is 15.2 Å². The Morgan fingerprint density at radius 2 is 2.28 bits per heavy atom. The van der Waals surface area contributed by atoms with Gasteiger partial charge in [0.25, 0.3) is 5.91 Å². The molecule has 0 bridgehead atoms. The van der Waals surface area contributed by atoms with Crippen LogP contribution in [0.5, 0.6) is 5.88 Å². The number of aromatic nitrogens is 1. The van der Waals surface area contributed by atoms with Crippen LogP contribution in [0.4, 0.5) is 0 Å². The molecule has 1 rings (SSSR count). The molecule has 1 atom stereocenters. The normalized spacial score (nSPS) is 13.8. The first-order chi connectivity index (χ1) is 8.54. The van der Waals surface area contributed by atoms with E-state index in [1.54, 1.807) is 12.1 Å². The summed E-state index contributed by atoms with van der Waals surface area (Å²) in [6, 6.07) is 3.31. The molecular formula is C13H20N2O3. The van der Waals surface area contributed by atoms with E-state index in [-0.39, 0.29) is 12.5 Å². The number of rotatable bonds is 6. The zero-order valence-corrected chi connectivity index (χ0v) is 11.1. The number of ether oxygens (including phenoxy) is 1. The summed E-state index contributed by atoms with van der Waals surface area (Å²) >= 11 is 0. The predicted molar refractivity (Wildman–Crippen MR) is 68.7 cm³/mol. The summed E-state index contributed by atoms with van der Waals surface area (Å²) in [4.78, 5) is 16.0. The maximum atomic E-state index is 12.0. The first-order valence-corrected chi connectivity index (χ1v) is 5.98. The van der Waals surface area contributed by atoms with E-state index in [0.29, 0.717) is 17.9 Å². The van der Waals surface area contributed by atoms with Crippen molar-refractivity contribution in [2.24, 2.45) is 0 Å². The largest absolute Gasteiger partial charge is 0.481 e. The van der Waals surface area contributed by atoms with Crippen LogP contribution in [0, 0.1) is 0 Å². The Balaban J connectivity index is 2.74. The standard InChI is InChI=1S/C13H20N2O3/c1-4-13(2,7-8-16)15-12(17)10-5-6-11(18-3)14-9-10/h5-6,9,16H,4,7-8H2,1-3H3,(H,15,17). The van der Waals surface area contributed by atoms with Gasteiger partial charge >= 0.3 is 0 Å². The molecule has 0 spiro atoms. The van der Waals surface area contributed by atoms with Crippen LogP contribution in [0.2, 0.25) is 0 Å². The number of pyridine rings is 1. The van der Waals surface area contributed by atoms with E-state index in [2.05, 4.69) is 10.3 Å². The van der Waals surface area contributed by atoms with Crippen LogP contribution in [0.25, 0.3) is 0 Å². The quantitative estimate of drug-likeness (QED) is 0.802. The number of amides is 1. The maximum absolute atomic E-state index is 12.0. The second-order valence-electron chi connectivity index (χ2n) is 4.43. The van der Waals surface area contributed by atoms with Gasteiger partial charge in [0.15, 0.2) is 0 Å². The van der Waals surface area contributed by atoms with Crippen molar-refractivity contribution in [3.63, 3.8) is 0 Å². The number of methoxy groups -OCH3 is 1. The fourth-order valence-electron chi connectivity index (χ4n) is 1.56. The lowest BCUT2D eigenvalue weighted by atomic mass is 9.94. The average Bonchev–Trinajstić information content (AvgIpc) is 2.39. The van der Waals surface area contributed by atoms with Crippen LogP contribution in [-0.4, -0.2) is 35.3 Å². The lowest BCUT2D eigenvalue weighted by Gasteiger charge is -2.28. The number of aliphatic hydroxyl groups is 1. The summed E-state index contributed by atoms with van der Waals surface area (Å²) in [5.74, 6) is 0.281. The Labute approximate surface area is 107 Å². The molecule has 0 saturated heterocycles. The fraction of sp³-hybridized carbons (Fsp3) is 0.538. The molecule has 0 aliphatic carbocycles. The van der Waals surface area contributed by atoms with Gasteiger partial charge in [-0.05, 0) is 25.8 Å². The van der Waals surface area contributed by atoms with Crippen molar-refractivity contribution >= 4 is 5.91 Å². The Kier molecular flexibility index (Phi) is 5.09. The Morgan fingerprint density at radius 3 is 2.72 bits per heavy atom. The highest BCUT2D eigenvalue weighted by atomic mass is 16.5. The van der Waals surface area contributed by atoms with Gasteiger partial charge in [0, 0.05) is 24.4 Å². The summed E-state index contributed by atoms with van der Waals surface area (Å²) < 4.78 is 4.93. The van der Waals surface area contributed by atoms with Crippen molar-refractivity contribution in [2.75, 3.05) is 13.7 Å². The second-order valence-corrected chi connectivity index (χ2v) is 4.43. The van der Waals surface area contributed by atoms with E-state index in [0.717, 1.165) is 6.42 Å². The minimum absolute atomic E-state index is 0.0471. The molecule has 1 aromatic heterocycles. The van der Waals surface area contributed by atoms with Gasteiger partial charge in [-0.25, -0.2) is 4.98 Å². The molecule has 0 aliphatic heterocycles. The van der Waals surface area contributed by atoms with Crippen LogP contribution >= 0.6 is 0 Å². The lowest BCUT2D eigenvalue weighted by molar-refractivity contribution is 0.0885. The number of nitrogens with one attached hydrogen (secondary N) is 1. The van der Waals surface area contributed by atoms with E-state index in [1.165, 1.54) is 13.3 Å². The maximum Gasteiger partial charge on any atom is 0.253 e. The highest BCUT2D eigenvalue weighted by molar-refractivity contribution is 5.94. The molecule has 1 amide bonds. The van der Waals surface area contributed by atoms with E-state index >= 15 is 0 Å². The zero-order valence-electron chi connectivity index (χ0n) is 11.1. The number of carbonyl (C=O) groups excluding carboxylic acids is 1. The Bertz CT molecular complexity index is 392. The molecule has 5 heteroatoms. The van der Waals surface area contributed by atoms with E-state index in [4.69, 9.17) is 9.84 Å². The van der Waals surface area contributed by atoms with Gasteiger partial charge in [0.1, 0.15) is 0 Å². The van der Waals surface area contributed by atoms with Crippen LogP contribution in [0.15, 0.2) is 18.3 Å². The monoisotopic (exact) mass is 252 g/mol. The predicted octanol–water partition coefficient (Wildman–Crippen LogP) is 1.37. The molecule has 0 aliphatic rings. The van der Waals surface area contributed by atoms with Crippen LogP contribution in [0.1, 0.15) is 37.0 Å². The molecule has 1 heterocycles. The average molecular weight is 252 g/mol. The van der Waals surface area contributed by atoms with Crippen LogP contribution in [0.3, 0.4) is 0 Å². The third-order valence-corrected chi connectivity index (χ3v) is 3.07. The summed E-state index contributed by atoms with van der Waals surface area (Å²) in [7, 11) is 1.53. The van der Waals surface area contributed by atoms with Gasteiger partial charge in [-0.15, -0.1) is 0 Å². The lowest BCUT2D eigenvalue weighted by Crippen LogP contribution is -2.46. The molecule has 100 valence electrons. The number of carbonyl (C=O) groups is 1. The Morgan fingerprint density at radius 1 is 1.56 bits per heavy atom. The van der Waals surface area contributed by atoms with Gasteiger partial charge in [-0.1, -0.05) is 6.92 Å². The molecular weight excluding hydrogens is 232 g/mol. The van der Waals surface area contributed by atoms with Crippen molar-refractivity contribution in [1.82, 2.24) is 10.3 Å². The number of hydrogen-bond acceptors (Lipinski definition) is 4. The molecule has 0 saturated carbocycles. The van der Waals surface area contributed by atoms with Crippen LogP contribution in [-0.2, 0) is 0 Å². The molecule has 5 nitrogen and oxygen atoms in total. The number of hydrogen-bond donors (Lipinski definition) is 2. The molecule has 0 aromatic carbocycles. The highest BCUT2D eigenvalue weighted by Gasteiger charge is 2.24. The molecule has 2 N–H and O–H groups in total. The molecule has 1 aromatic rings. The second kappa shape index (κ2) is 6.35. The third-order valence-electron chi connectivity index (χ3n) is 3.07. The first kappa shape index (κ1) is 14.4. The van der Waals surface area contributed by atoms with Crippen molar-refractivity contribution in [3.05, 3.63) is 23.9 Å². The van der Waals surface area contributed by atoms with Gasteiger partial charge in [0.05, 0.1) is 12.7 Å². The molecule has 0 radical (unpaired) electrons. The number of nitrogens with zero attached hydrogens (tertiary/aromatic N) is 1. The summed E-state index contributed by atoms with van der Waals surface area (Å²) in [6.45, 7) is 3.94. The molecule has 0 fully saturated rings. The van der Waals surface area contributed by atoms with Crippen molar-refractivity contribution in [3.8, 4) is 5.88 Å².